The van der Waals surface area contributed by atoms with Crippen LogP contribution in [0.1, 0.15) is 43.0 Å². The number of benzene rings is 3. The lowest BCUT2D eigenvalue weighted by atomic mass is 9.83. The molecule has 1 fully saturated rings. The summed E-state index contributed by atoms with van der Waals surface area (Å²) >= 11 is 0. The van der Waals surface area contributed by atoms with Crippen LogP contribution in [0, 0.1) is 0 Å². The van der Waals surface area contributed by atoms with Gasteiger partial charge in [-0.05, 0) is 22.3 Å². The second-order valence-corrected chi connectivity index (χ2v) is 12.7. The van der Waals surface area contributed by atoms with Gasteiger partial charge in [0, 0.05) is 20.8 Å². The average Bonchev–Trinajstić information content (AvgIpc) is 3.21. The summed E-state index contributed by atoms with van der Waals surface area (Å²) in [5.74, 6) is -2.18. The first-order valence-corrected chi connectivity index (χ1v) is 16.5. The number of ether oxygens (including phenoxy) is 5. The van der Waals surface area contributed by atoms with Gasteiger partial charge in [0.2, 0.25) is 0 Å². The van der Waals surface area contributed by atoms with E-state index in [-0.39, 0.29) is 26.4 Å². The number of carbonyl (C=O) groups is 3. The lowest BCUT2D eigenvalue weighted by Crippen LogP contribution is -2.68. The van der Waals surface area contributed by atoms with E-state index >= 15 is 0 Å². The van der Waals surface area contributed by atoms with Gasteiger partial charge in [-0.3, -0.25) is 28.0 Å². The summed E-state index contributed by atoms with van der Waals surface area (Å²) in [6.45, 7) is 3.32. The van der Waals surface area contributed by atoms with Crippen LogP contribution in [-0.2, 0) is 82.6 Å². The number of rotatable bonds is 11. The molecule has 1 aliphatic heterocycles. The molecule has 3 aromatic carbocycles. The highest BCUT2D eigenvalue weighted by Crippen LogP contribution is 2.55. The fourth-order valence-corrected chi connectivity index (χ4v) is 6.84. The van der Waals surface area contributed by atoms with Crippen LogP contribution in [0.5, 0.6) is 0 Å². The maximum atomic E-state index is 14.2. The Bertz CT molecular complexity index is 1530. The molecule has 0 bridgehead atoms. The van der Waals surface area contributed by atoms with E-state index in [1.165, 1.54) is 20.8 Å². The first-order chi connectivity index (χ1) is 22.6. The summed E-state index contributed by atoms with van der Waals surface area (Å²) < 4.78 is 61.8. The van der Waals surface area contributed by atoms with Gasteiger partial charge in [-0.15, -0.1) is 0 Å². The maximum absolute atomic E-state index is 14.2. The molecule has 0 amide bonds. The lowest BCUT2D eigenvalue weighted by molar-refractivity contribution is -0.263. The van der Waals surface area contributed by atoms with Crippen molar-refractivity contribution < 1.29 is 56.2 Å². The third-order valence-electron chi connectivity index (χ3n) is 7.55. The van der Waals surface area contributed by atoms with Crippen LogP contribution in [0.25, 0.3) is 0 Å². The molecular formula is C34H37O12P. The van der Waals surface area contributed by atoms with Gasteiger partial charge >= 0.3 is 25.7 Å². The second kappa shape index (κ2) is 15.8. The van der Waals surface area contributed by atoms with Gasteiger partial charge in [0.05, 0.1) is 26.4 Å². The molecule has 1 aliphatic carbocycles. The van der Waals surface area contributed by atoms with E-state index in [1.807, 2.05) is 84.9 Å². The molecule has 47 heavy (non-hydrogen) atoms. The minimum absolute atomic E-state index is 0.0178. The monoisotopic (exact) mass is 668 g/mol. The molecule has 250 valence electrons. The van der Waals surface area contributed by atoms with E-state index in [2.05, 4.69) is 0 Å². The van der Waals surface area contributed by atoms with Gasteiger partial charge in [-0.1, -0.05) is 84.9 Å². The van der Waals surface area contributed by atoms with Gasteiger partial charge in [0.25, 0.3) is 0 Å². The molecule has 3 aromatic rings. The Balaban J connectivity index is 1.57. The number of fused-ring (bicyclic) bond motifs is 1. The summed E-state index contributed by atoms with van der Waals surface area (Å²) in [4.78, 5) is 37.7. The smallest absolute Gasteiger partial charge is 0.457 e. The zero-order valence-corrected chi connectivity index (χ0v) is 27.1. The molecule has 0 aromatic heterocycles. The van der Waals surface area contributed by atoms with Crippen LogP contribution in [0.4, 0.5) is 0 Å². The molecule has 5 rings (SSSR count). The highest BCUT2D eigenvalue weighted by Gasteiger charge is 2.60. The van der Waals surface area contributed by atoms with Crippen LogP contribution >= 0.6 is 7.82 Å². The summed E-state index contributed by atoms with van der Waals surface area (Å²) in [7, 11) is -4.41. The van der Waals surface area contributed by atoms with E-state index in [9.17, 15) is 18.9 Å². The van der Waals surface area contributed by atoms with Crippen molar-refractivity contribution in [1.29, 1.82) is 0 Å². The fourth-order valence-electron chi connectivity index (χ4n) is 5.52. The minimum atomic E-state index is -4.41. The van der Waals surface area contributed by atoms with Crippen molar-refractivity contribution in [3.05, 3.63) is 107 Å². The zero-order chi connectivity index (χ0) is 33.4. The van der Waals surface area contributed by atoms with E-state index < -0.39 is 62.4 Å². The number of esters is 3. The van der Waals surface area contributed by atoms with Crippen molar-refractivity contribution >= 4 is 25.7 Å². The van der Waals surface area contributed by atoms with E-state index in [1.54, 1.807) is 0 Å². The largest absolute Gasteiger partial charge is 0.475 e. The molecule has 0 N–H and O–H groups in total. The number of phosphoric ester groups is 1. The predicted molar refractivity (Wildman–Crippen MR) is 165 cm³/mol. The summed E-state index contributed by atoms with van der Waals surface area (Å²) in [5, 5.41) is 0. The maximum Gasteiger partial charge on any atom is 0.475 e. The Hall–Kier alpha value is -3.90. The van der Waals surface area contributed by atoms with Crippen LogP contribution in [-0.4, -0.2) is 54.5 Å². The van der Waals surface area contributed by atoms with E-state index in [0.717, 1.165) is 22.3 Å². The number of carbonyl (C=O) groups excluding carboxylic acids is 3. The first kappa shape index (κ1) is 34.4. The Morgan fingerprint density at radius 3 is 1.34 bits per heavy atom. The SMILES string of the molecule is CC(=O)O[C@@H]1[C@@H](OCc2ccccc2)[C@H](OC(C)=O)[C@H](OP2(=O)OCc3ccccc3CO2)[C@H](OCc2ccccc2)[C@H]1OC(C)=O. The lowest BCUT2D eigenvalue weighted by Gasteiger charge is -2.48. The standard InChI is InChI=1S/C34H37O12P/c1-22(35)43-31-29(39-18-25-12-6-4-7-13-25)33(45-24(3)37)34(46-47(38)41-20-27-16-10-11-17-28(27)21-42-47)30(32(31)44-23(2)36)40-19-26-14-8-5-9-15-26/h4-17,29-34H,18-21H2,1-3H3/t29-,30-,31-,32-,33+,34-/m1/s1. The summed E-state index contributed by atoms with van der Waals surface area (Å²) in [5.41, 5.74) is 3.00. The average molecular weight is 669 g/mol. The fraction of sp³-hybridized carbons (Fsp3) is 0.382. The molecule has 12 nitrogen and oxygen atoms in total. The molecular weight excluding hydrogens is 631 g/mol. The topological polar surface area (TPSA) is 142 Å². The number of phosphoric acid groups is 1. The first-order valence-electron chi connectivity index (χ1n) is 15.1. The Morgan fingerprint density at radius 1 is 0.574 bits per heavy atom. The van der Waals surface area contributed by atoms with E-state index in [4.69, 9.17) is 37.3 Å². The Kier molecular flexibility index (Phi) is 11.6. The highest BCUT2D eigenvalue weighted by atomic mass is 31.2. The molecule has 0 radical (unpaired) electrons. The van der Waals surface area contributed by atoms with Crippen molar-refractivity contribution in [1.82, 2.24) is 0 Å². The van der Waals surface area contributed by atoms with Crippen LogP contribution in [0.3, 0.4) is 0 Å². The van der Waals surface area contributed by atoms with Crippen molar-refractivity contribution in [2.45, 2.75) is 83.8 Å². The summed E-state index contributed by atoms with van der Waals surface area (Å²) in [6, 6.07) is 25.5. The van der Waals surface area contributed by atoms with Gasteiger partial charge in [-0.2, -0.15) is 0 Å². The molecule has 6 atom stereocenters. The van der Waals surface area contributed by atoms with Gasteiger partial charge in [-0.25, -0.2) is 4.57 Å². The van der Waals surface area contributed by atoms with Crippen molar-refractivity contribution in [2.75, 3.05) is 0 Å². The minimum Gasteiger partial charge on any atom is -0.457 e. The number of hydrogen-bond acceptors (Lipinski definition) is 12. The second-order valence-electron chi connectivity index (χ2n) is 11.1. The predicted octanol–water partition coefficient (Wildman–Crippen LogP) is 5.21. The van der Waals surface area contributed by atoms with Crippen molar-refractivity contribution in [2.24, 2.45) is 0 Å². The Labute approximate surface area is 272 Å². The summed E-state index contributed by atoms with van der Waals surface area (Å²) in [6.07, 6.45) is -8.19. The van der Waals surface area contributed by atoms with Gasteiger partial charge in [0.15, 0.2) is 18.3 Å². The normalized spacial score (nSPS) is 25.1. The quantitative estimate of drug-likeness (QED) is 0.150. The number of hydrogen-bond donors (Lipinski definition) is 0. The highest BCUT2D eigenvalue weighted by molar-refractivity contribution is 7.48. The molecule has 13 heteroatoms. The van der Waals surface area contributed by atoms with Crippen LogP contribution in [0.2, 0.25) is 0 Å². The molecule has 0 saturated heterocycles. The molecule has 2 aliphatic rings. The molecule has 1 heterocycles. The Morgan fingerprint density at radius 2 is 0.936 bits per heavy atom. The van der Waals surface area contributed by atoms with Crippen molar-refractivity contribution in [3.63, 3.8) is 0 Å². The third kappa shape index (κ3) is 9.13. The van der Waals surface area contributed by atoms with Gasteiger partial charge in [0.1, 0.15) is 18.3 Å². The van der Waals surface area contributed by atoms with E-state index in [0.29, 0.717) is 0 Å². The zero-order valence-electron chi connectivity index (χ0n) is 26.2. The molecule has 0 spiro atoms. The van der Waals surface area contributed by atoms with Gasteiger partial charge < -0.3 is 23.7 Å². The molecule has 0 unspecified atom stereocenters. The van der Waals surface area contributed by atoms with Crippen LogP contribution < -0.4 is 0 Å². The van der Waals surface area contributed by atoms with Crippen molar-refractivity contribution in [3.8, 4) is 0 Å². The van der Waals surface area contributed by atoms with Crippen LogP contribution in [0.15, 0.2) is 84.9 Å². The molecule has 1 saturated carbocycles. The third-order valence-corrected chi connectivity index (χ3v) is 8.94.